The topological polar surface area (TPSA) is 74.2 Å². The van der Waals surface area contributed by atoms with E-state index < -0.39 is 5.54 Å². The molecule has 5 nitrogen and oxygen atoms in total. The first-order valence-electron chi connectivity index (χ1n) is 6.82. The maximum atomic E-state index is 11.9. The second-order valence-corrected chi connectivity index (χ2v) is 6.22. The van der Waals surface area contributed by atoms with Crippen molar-refractivity contribution in [3.63, 3.8) is 0 Å². The lowest BCUT2D eigenvalue weighted by molar-refractivity contribution is 0.167. The van der Waals surface area contributed by atoms with Gasteiger partial charge in [-0.05, 0) is 19.3 Å². The number of carbonyl (C=O) groups excluding carboxylic acids is 1. The second-order valence-electron chi connectivity index (χ2n) is 5.11. The van der Waals surface area contributed by atoms with E-state index in [2.05, 4.69) is 22.5 Å². The Balaban J connectivity index is 1.89. The average molecular weight is 283 g/mol. The number of aromatic nitrogens is 1. The molecule has 0 atom stereocenters. The Morgan fingerprint density at radius 2 is 2.26 bits per heavy atom. The van der Waals surface area contributed by atoms with Crippen LogP contribution < -0.4 is 10.6 Å². The Labute approximate surface area is 117 Å². The van der Waals surface area contributed by atoms with Crippen molar-refractivity contribution in [1.82, 2.24) is 10.3 Å². The monoisotopic (exact) mass is 283 g/mol. The molecule has 0 bridgehead atoms. The average Bonchev–Trinajstić information content (AvgIpc) is 3.00. The molecule has 6 heteroatoms. The highest BCUT2D eigenvalue weighted by Crippen LogP contribution is 2.29. The maximum Gasteiger partial charge on any atom is 0.321 e. The van der Waals surface area contributed by atoms with Crippen LogP contribution in [-0.2, 0) is 6.42 Å². The first-order chi connectivity index (χ1) is 9.17. The summed E-state index contributed by atoms with van der Waals surface area (Å²) in [6.45, 7) is 2.12. The van der Waals surface area contributed by atoms with E-state index in [4.69, 9.17) is 0 Å². The van der Waals surface area contributed by atoms with Gasteiger partial charge in [-0.3, -0.25) is 5.32 Å². The van der Waals surface area contributed by atoms with E-state index in [9.17, 15) is 9.90 Å². The molecule has 2 amide bonds. The molecule has 1 aliphatic carbocycles. The lowest BCUT2D eigenvalue weighted by atomic mass is 9.99. The number of thiazole rings is 1. The van der Waals surface area contributed by atoms with Crippen molar-refractivity contribution in [2.24, 2.45) is 0 Å². The molecule has 1 saturated carbocycles. The van der Waals surface area contributed by atoms with Crippen molar-refractivity contribution in [3.8, 4) is 0 Å². The van der Waals surface area contributed by atoms with E-state index in [0.717, 1.165) is 38.5 Å². The van der Waals surface area contributed by atoms with E-state index in [1.54, 1.807) is 6.20 Å². The number of urea groups is 1. The third kappa shape index (κ3) is 3.67. The normalized spacial score (nSPS) is 17.4. The summed E-state index contributed by atoms with van der Waals surface area (Å²) in [6.07, 6.45) is 7.66. The fourth-order valence-electron chi connectivity index (χ4n) is 2.47. The number of carbonyl (C=O) groups is 1. The lowest BCUT2D eigenvalue weighted by Crippen LogP contribution is -2.50. The molecule has 0 aliphatic heterocycles. The van der Waals surface area contributed by atoms with Crippen LogP contribution in [0.2, 0.25) is 0 Å². The minimum absolute atomic E-state index is 0.000621. The highest BCUT2D eigenvalue weighted by Gasteiger charge is 2.34. The molecule has 19 heavy (non-hydrogen) atoms. The first kappa shape index (κ1) is 14.3. The number of rotatable bonds is 5. The standard InChI is InChI=1S/C13H21N3O2S/c1-2-5-10-8-14-12(19-10)15-11(18)16-13(9-17)6-3-4-7-13/h8,17H,2-7,9H2,1H3,(H2,14,15,16,18). The highest BCUT2D eigenvalue weighted by molar-refractivity contribution is 7.15. The summed E-state index contributed by atoms with van der Waals surface area (Å²) >= 11 is 1.50. The van der Waals surface area contributed by atoms with Gasteiger partial charge in [-0.1, -0.05) is 26.2 Å². The number of hydrogen-bond donors (Lipinski definition) is 3. The zero-order valence-electron chi connectivity index (χ0n) is 11.2. The van der Waals surface area contributed by atoms with Gasteiger partial charge in [0.15, 0.2) is 5.13 Å². The molecular formula is C13H21N3O2S. The van der Waals surface area contributed by atoms with Crippen molar-refractivity contribution in [2.75, 3.05) is 11.9 Å². The quantitative estimate of drug-likeness (QED) is 0.777. The molecule has 1 heterocycles. The van der Waals surface area contributed by atoms with Crippen molar-refractivity contribution in [1.29, 1.82) is 0 Å². The Hall–Kier alpha value is -1.14. The molecule has 1 fully saturated rings. The summed E-state index contributed by atoms with van der Waals surface area (Å²) in [4.78, 5) is 17.3. The summed E-state index contributed by atoms with van der Waals surface area (Å²) in [5, 5.41) is 15.7. The number of anilines is 1. The van der Waals surface area contributed by atoms with Crippen molar-refractivity contribution in [2.45, 2.75) is 51.0 Å². The fraction of sp³-hybridized carbons (Fsp3) is 0.692. The van der Waals surface area contributed by atoms with Gasteiger partial charge in [0, 0.05) is 11.1 Å². The van der Waals surface area contributed by atoms with Crippen LogP contribution in [0.3, 0.4) is 0 Å². The fourth-order valence-corrected chi connectivity index (χ4v) is 3.38. The van der Waals surface area contributed by atoms with Gasteiger partial charge in [0.2, 0.25) is 0 Å². The molecule has 1 aromatic heterocycles. The number of amides is 2. The van der Waals surface area contributed by atoms with E-state index in [1.807, 2.05) is 0 Å². The minimum atomic E-state index is -0.437. The Morgan fingerprint density at radius 1 is 1.53 bits per heavy atom. The molecule has 0 aromatic carbocycles. The first-order valence-corrected chi connectivity index (χ1v) is 7.64. The molecule has 2 rings (SSSR count). The van der Waals surface area contributed by atoms with E-state index in [0.29, 0.717) is 5.13 Å². The highest BCUT2D eigenvalue weighted by atomic mass is 32.1. The van der Waals surface area contributed by atoms with Gasteiger partial charge in [0.05, 0.1) is 12.1 Å². The van der Waals surface area contributed by atoms with Crippen LogP contribution in [0.1, 0.15) is 43.9 Å². The second kappa shape index (κ2) is 6.34. The zero-order chi connectivity index (χ0) is 13.7. The molecule has 0 unspecified atom stereocenters. The van der Waals surface area contributed by atoms with E-state index in [1.165, 1.54) is 16.2 Å². The summed E-state index contributed by atoms with van der Waals surface area (Å²) < 4.78 is 0. The van der Waals surface area contributed by atoms with Crippen LogP contribution in [-0.4, -0.2) is 28.3 Å². The van der Waals surface area contributed by atoms with Gasteiger partial charge >= 0.3 is 6.03 Å². The lowest BCUT2D eigenvalue weighted by Gasteiger charge is -2.27. The van der Waals surface area contributed by atoms with Gasteiger partial charge in [-0.15, -0.1) is 11.3 Å². The molecule has 1 aliphatic rings. The van der Waals surface area contributed by atoms with Gasteiger partial charge in [-0.2, -0.15) is 0 Å². The molecular weight excluding hydrogens is 262 g/mol. The number of aryl methyl sites for hydroxylation is 1. The van der Waals surface area contributed by atoms with Gasteiger partial charge < -0.3 is 10.4 Å². The maximum absolute atomic E-state index is 11.9. The molecule has 0 saturated heterocycles. The summed E-state index contributed by atoms with van der Waals surface area (Å²) in [7, 11) is 0. The molecule has 0 radical (unpaired) electrons. The number of aliphatic hydroxyl groups excluding tert-OH is 1. The van der Waals surface area contributed by atoms with Crippen LogP contribution in [0.5, 0.6) is 0 Å². The number of aliphatic hydroxyl groups is 1. The summed E-state index contributed by atoms with van der Waals surface area (Å²) in [5.74, 6) is 0. The predicted molar refractivity (Wildman–Crippen MR) is 76.5 cm³/mol. The summed E-state index contributed by atoms with van der Waals surface area (Å²) in [6, 6.07) is -0.270. The molecule has 106 valence electrons. The number of hydrogen-bond acceptors (Lipinski definition) is 4. The smallest absolute Gasteiger partial charge is 0.321 e. The molecule has 0 spiro atoms. The van der Waals surface area contributed by atoms with E-state index >= 15 is 0 Å². The number of nitrogens with one attached hydrogen (secondary N) is 2. The van der Waals surface area contributed by atoms with Crippen LogP contribution in [0.15, 0.2) is 6.20 Å². The van der Waals surface area contributed by atoms with Crippen LogP contribution in [0.4, 0.5) is 9.93 Å². The van der Waals surface area contributed by atoms with Crippen molar-refractivity contribution >= 4 is 22.5 Å². The molecule has 3 N–H and O–H groups in total. The van der Waals surface area contributed by atoms with E-state index in [-0.39, 0.29) is 12.6 Å². The third-order valence-electron chi connectivity index (χ3n) is 3.51. The SMILES string of the molecule is CCCc1cnc(NC(=O)NC2(CO)CCCC2)s1. The number of nitrogens with zero attached hydrogens (tertiary/aromatic N) is 1. The molecule has 1 aromatic rings. The Kier molecular flexibility index (Phi) is 4.76. The third-order valence-corrected chi connectivity index (χ3v) is 4.48. The summed E-state index contributed by atoms with van der Waals surface area (Å²) in [5.41, 5.74) is -0.437. The van der Waals surface area contributed by atoms with Gasteiger partial charge in [0.25, 0.3) is 0 Å². The van der Waals surface area contributed by atoms with Gasteiger partial charge in [-0.25, -0.2) is 9.78 Å². The predicted octanol–water partition coefficient (Wildman–Crippen LogP) is 2.52. The minimum Gasteiger partial charge on any atom is -0.394 e. The van der Waals surface area contributed by atoms with Crippen LogP contribution >= 0.6 is 11.3 Å². The zero-order valence-corrected chi connectivity index (χ0v) is 12.1. The van der Waals surface area contributed by atoms with Crippen molar-refractivity contribution in [3.05, 3.63) is 11.1 Å². The Bertz CT molecular complexity index is 427. The van der Waals surface area contributed by atoms with Crippen molar-refractivity contribution < 1.29 is 9.90 Å². The van der Waals surface area contributed by atoms with Gasteiger partial charge in [0.1, 0.15) is 0 Å². The Morgan fingerprint density at radius 3 is 2.89 bits per heavy atom. The van der Waals surface area contributed by atoms with Crippen LogP contribution in [0, 0.1) is 0 Å². The largest absolute Gasteiger partial charge is 0.394 e. The van der Waals surface area contributed by atoms with Crippen LogP contribution in [0.25, 0.3) is 0 Å².